The number of hydrogen-bond acceptors (Lipinski definition) is 2. The minimum Gasteiger partial charge on any atom is -0.497 e. The van der Waals surface area contributed by atoms with Crippen molar-refractivity contribution in [2.75, 3.05) is 7.11 Å². The lowest BCUT2D eigenvalue weighted by Gasteiger charge is -2.28. The highest BCUT2D eigenvalue weighted by atomic mass is 19.4. The van der Waals surface area contributed by atoms with Gasteiger partial charge in [-0.25, -0.2) is 0 Å². The Kier molecular flexibility index (Phi) is 2.59. The lowest BCUT2D eigenvalue weighted by molar-refractivity contribution is -0.246. The van der Waals surface area contributed by atoms with Gasteiger partial charge in [-0.05, 0) is 23.3 Å². The maximum atomic E-state index is 13.4. The van der Waals surface area contributed by atoms with Gasteiger partial charge in [0.25, 0.3) is 0 Å². The van der Waals surface area contributed by atoms with Crippen LogP contribution in [0, 0.1) is 0 Å². The number of hydrogen-bond donors (Lipinski definition) is 1. The fourth-order valence-electron chi connectivity index (χ4n) is 2.67. The summed E-state index contributed by atoms with van der Waals surface area (Å²) in [7, 11) is 1.44. The van der Waals surface area contributed by atoms with Gasteiger partial charge >= 0.3 is 6.18 Å². The Morgan fingerprint density at radius 3 is 2.30 bits per heavy atom. The molecule has 0 aromatic heterocycles. The first kappa shape index (κ1) is 13.0. The van der Waals surface area contributed by atoms with E-state index < -0.39 is 11.8 Å². The van der Waals surface area contributed by atoms with Crippen LogP contribution in [-0.2, 0) is 5.60 Å². The van der Waals surface area contributed by atoms with Crippen LogP contribution < -0.4 is 4.74 Å². The SMILES string of the molecule is COc1ccc2c(c1)-c1ccccc1C2(O)C(F)(F)F. The third-order valence-corrected chi connectivity index (χ3v) is 3.63. The molecule has 0 aliphatic heterocycles. The molecule has 0 heterocycles. The number of aliphatic hydroxyl groups is 1. The lowest BCUT2D eigenvalue weighted by atomic mass is 9.91. The summed E-state index contributed by atoms with van der Waals surface area (Å²) >= 11 is 0. The predicted octanol–water partition coefficient (Wildman–Crippen LogP) is 3.47. The molecule has 20 heavy (non-hydrogen) atoms. The summed E-state index contributed by atoms with van der Waals surface area (Å²) in [6, 6.07) is 10.2. The Labute approximate surface area is 113 Å². The predicted molar refractivity (Wildman–Crippen MR) is 67.5 cm³/mol. The van der Waals surface area contributed by atoms with Crippen molar-refractivity contribution < 1.29 is 23.0 Å². The van der Waals surface area contributed by atoms with E-state index in [0.29, 0.717) is 16.9 Å². The normalized spacial score (nSPS) is 20.4. The fraction of sp³-hybridized carbons (Fsp3) is 0.200. The maximum Gasteiger partial charge on any atom is 0.425 e. The van der Waals surface area contributed by atoms with Crippen LogP contribution in [0.25, 0.3) is 11.1 Å². The molecule has 1 unspecified atom stereocenters. The zero-order valence-electron chi connectivity index (χ0n) is 10.5. The van der Waals surface area contributed by atoms with Crippen LogP contribution in [0.4, 0.5) is 13.2 Å². The zero-order valence-corrected chi connectivity index (χ0v) is 10.5. The molecule has 2 nitrogen and oxygen atoms in total. The largest absolute Gasteiger partial charge is 0.497 e. The third kappa shape index (κ3) is 1.50. The number of benzene rings is 2. The number of rotatable bonds is 1. The first-order valence-corrected chi connectivity index (χ1v) is 5.97. The third-order valence-electron chi connectivity index (χ3n) is 3.63. The van der Waals surface area contributed by atoms with E-state index in [1.54, 1.807) is 12.1 Å². The molecule has 2 aromatic rings. The monoisotopic (exact) mass is 280 g/mol. The fourth-order valence-corrected chi connectivity index (χ4v) is 2.67. The summed E-state index contributed by atoms with van der Waals surface area (Å²) in [5.41, 5.74) is -2.55. The van der Waals surface area contributed by atoms with Gasteiger partial charge in [-0.15, -0.1) is 0 Å². The standard InChI is InChI=1S/C15H11F3O2/c1-20-9-6-7-13-11(8-9)10-4-2-3-5-12(10)14(13,19)15(16,17)18/h2-8,19H,1H3. The molecule has 0 fully saturated rings. The first-order valence-electron chi connectivity index (χ1n) is 5.97. The van der Waals surface area contributed by atoms with Gasteiger partial charge in [-0.3, -0.25) is 0 Å². The first-order chi connectivity index (χ1) is 9.39. The van der Waals surface area contributed by atoms with E-state index in [1.807, 2.05) is 0 Å². The number of ether oxygens (including phenoxy) is 1. The van der Waals surface area contributed by atoms with Gasteiger partial charge in [0.15, 0.2) is 0 Å². The molecule has 0 saturated heterocycles. The summed E-state index contributed by atoms with van der Waals surface area (Å²) in [6.07, 6.45) is -4.79. The van der Waals surface area contributed by atoms with Crippen LogP contribution in [0.5, 0.6) is 5.75 Å². The summed E-state index contributed by atoms with van der Waals surface area (Å²) in [5.74, 6) is 0.449. The molecular formula is C15H11F3O2. The topological polar surface area (TPSA) is 29.5 Å². The van der Waals surface area contributed by atoms with Crippen molar-refractivity contribution >= 4 is 0 Å². The van der Waals surface area contributed by atoms with Crippen LogP contribution in [0.15, 0.2) is 42.5 Å². The van der Waals surface area contributed by atoms with Gasteiger partial charge < -0.3 is 9.84 Å². The van der Waals surface area contributed by atoms with Crippen molar-refractivity contribution in [3.8, 4) is 16.9 Å². The molecule has 2 aromatic carbocycles. The maximum absolute atomic E-state index is 13.4. The molecule has 3 rings (SSSR count). The Bertz CT molecular complexity index is 679. The Morgan fingerprint density at radius 2 is 1.65 bits per heavy atom. The van der Waals surface area contributed by atoms with Crippen molar-refractivity contribution in [3.05, 3.63) is 53.6 Å². The summed E-state index contributed by atoms with van der Waals surface area (Å²) in [6.45, 7) is 0. The molecule has 0 radical (unpaired) electrons. The molecule has 1 N–H and O–H groups in total. The highest BCUT2D eigenvalue weighted by Gasteiger charge is 2.60. The molecule has 104 valence electrons. The van der Waals surface area contributed by atoms with Gasteiger partial charge in [0.05, 0.1) is 7.11 Å². The van der Waals surface area contributed by atoms with Crippen LogP contribution in [-0.4, -0.2) is 18.4 Å². The second-order valence-electron chi connectivity index (χ2n) is 4.67. The minimum absolute atomic E-state index is 0.143. The number of methoxy groups -OCH3 is 1. The molecule has 0 saturated carbocycles. The number of halogens is 3. The van der Waals surface area contributed by atoms with E-state index in [1.165, 1.54) is 37.4 Å². The highest BCUT2D eigenvalue weighted by molar-refractivity contribution is 5.81. The van der Waals surface area contributed by atoms with Gasteiger partial charge in [0.1, 0.15) is 5.75 Å². The van der Waals surface area contributed by atoms with Crippen molar-refractivity contribution in [2.45, 2.75) is 11.8 Å². The average molecular weight is 280 g/mol. The van der Waals surface area contributed by atoms with Crippen LogP contribution in [0.2, 0.25) is 0 Å². The quantitative estimate of drug-likeness (QED) is 0.866. The Hall–Kier alpha value is -2.01. The molecule has 0 spiro atoms. The molecular weight excluding hydrogens is 269 g/mol. The van der Waals surface area contributed by atoms with E-state index in [2.05, 4.69) is 0 Å². The summed E-state index contributed by atoms with van der Waals surface area (Å²) in [4.78, 5) is 0. The van der Waals surface area contributed by atoms with E-state index in [0.717, 1.165) is 0 Å². The second kappa shape index (κ2) is 3.99. The summed E-state index contributed by atoms with van der Waals surface area (Å²) < 4.78 is 45.3. The molecule has 5 heteroatoms. The molecule has 0 amide bonds. The highest BCUT2D eigenvalue weighted by Crippen LogP contribution is 2.55. The minimum atomic E-state index is -4.79. The van der Waals surface area contributed by atoms with Gasteiger partial charge in [-0.2, -0.15) is 13.2 Å². The zero-order chi connectivity index (χ0) is 14.5. The van der Waals surface area contributed by atoms with E-state index >= 15 is 0 Å². The van der Waals surface area contributed by atoms with Crippen molar-refractivity contribution in [3.63, 3.8) is 0 Å². The van der Waals surface area contributed by atoms with E-state index in [-0.39, 0.29) is 11.1 Å². The van der Waals surface area contributed by atoms with Crippen molar-refractivity contribution in [1.82, 2.24) is 0 Å². The molecule has 0 bridgehead atoms. The van der Waals surface area contributed by atoms with Gasteiger partial charge in [0.2, 0.25) is 5.60 Å². The molecule has 1 atom stereocenters. The lowest BCUT2D eigenvalue weighted by Crippen LogP contribution is -2.41. The second-order valence-corrected chi connectivity index (χ2v) is 4.67. The molecule has 1 aliphatic rings. The Balaban J connectivity index is 2.37. The average Bonchev–Trinajstić information content (AvgIpc) is 2.70. The van der Waals surface area contributed by atoms with Gasteiger partial charge in [-0.1, -0.05) is 30.3 Å². The van der Waals surface area contributed by atoms with Crippen LogP contribution in [0.1, 0.15) is 11.1 Å². The van der Waals surface area contributed by atoms with Gasteiger partial charge in [0, 0.05) is 11.1 Å². The van der Waals surface area contributed by atoms with E-state index in [4.69, 9.17) is 4.74 Å². The van der Waals surface area contributed by atoms with Crippen molar-refractivity contribution in [2.24, 2.45) is 0 Å². The smallest absolute Gasteiger partial charge is 0.425 e. The van der Waals surface area contributed by atoms with E-state index in [9.17, 15) is 18.3 Å². The number of alkyl halides is 3. The van der Waals surface area contributed by atoms with Crippen LogP contribution >= 0.6 is 0 Å². The summed E-state index contributed by atoms with van der Waals surface area (Å²) in [5, 5.41) is 10.3. The Morgan fingerprint density at radius 1 is 1.00 bits per heavy atom. The molecule has 1 aliphatic carbocycles. The van der Waals surface area contributed by atoms with Crippen LogP contribution in [0.3, 0.4) is 0 Å². The van der Waals surface area contributed by atoms with Crippen molar-refractivity contribution in [1.29, 1.82) is 0 Å². The number of fused-ring (bicyclic) bond motifs is 3.